The second-order valence-electron chi connectivity index (χ2n) is 8.16. The molecule has 1 amide bonds. The second-order valence-corrected chi connectivity index (χ2v) is 8.16. The van der Waals surface area contributed by atoms with Crippen molar-refractivity contribution in [2.24, 2.45) is 16.7 Å². The average Bonchev–Trinajstić information content (AvgIpc) is 2.93. The zero-order chi connectivity index (χ0) is 17.9. The number of carbonyl (C=O) groups is 1. The smallest absolute Gasteiger partial charge is 0.312 e. The number of aryl methyl sites for hydroxylation is 1. The molecule has 0 spiro atoms. The Labute approximate surface area is 142 Å². The minimum absolute atomic E-state index is 0.00387. The van der Waals surface area contributed by atoms with Gasteiger partial charge in [0, 0.05) is 6.04 Å². The SMILES string of the molecule is Cc1nn(CC(=O)N[C@H]2C[C@@H]3CC[C@@]2(C)C3(C)C)c(C)c1[N+](=O)[O-]. The van der Waals surface area contributed by atoms with E-state index in [1.54, 1.807) is 13.8 Å². The van der Waals surface area contributed by atoms with Crippen molar-refractivity contribution in [3.63, 3.8) is 0 Å². The molecule has 2 bridgehead atoms. The molecular formula is C17H26N4O3. The summed E-state index contributed by atoms with van der Waals surface area (Å²) >= 11 is 0. The maximum atomic E-state index is 12.5. The maximum absolute atomic E-state index is 12.5. The fraction of sp³-hybridized carbons (Fsp3) is 0.765. The quantitative estimate of drug-likeness (QED) is 0.677. The number of nitro groups is 1. The molecule has 1 aromatic rings. The van der Waals surface area contributed by atoms with Crippen LogP contribution in [0, 0.1) is 40.7 Å². The number of hydrogen-bond acceptors (Lipinski definition) is 4. The third kappa shape index (κ3) is 2.24. The Hall–Kier alpha value is -1.92. The fourth-order valence-electron chi connectivity index (χ4n) is 4.90. The van der Waals surface area contributed by atoms with Crippen molar-refractivity contribution in [2.75, 3.05) is 0 Å². The first kappa shape index (κ1) is 16.9. The third-order valence-corrected chi connectivity index (χ3v) is 6.95. The Kier molecular flexibility index (Phi) is 3.73. The summed E-state index contributed by atoms with van der Waals surface area (Å²) in [5, 5.41) is 18.4. The van der Waals surface area contributed by atoms with E-state index in [4.69, 9.17) is 0 Å². The third-order valence-electron chi connectivity index (χ3n) is 6.95. The highest BCUT2D eigenvalue weighted by Crippen LogP contribution is 2.65. The zero-order valence-corrected chi connectivity index (χ0v) is 15.0. The van der Waals surface area contributed by atoms with Crippen LogP contribution in [0.3, 0.4) is 0 Å². The van der Waals surface area contributed by atoms with Crippen LogP contribution in [0.5, 0.6) is 0 Å². The first-order valence-electron chi connectivity index (χ1n) is 8.55. The van der Waals surface area contributed by atoms with Crippen molar-refractivity contribution in [3.8, 4) is 0 Å². The first-order valence-corrected chi connectivity index (χ1v) is 8.55. The topological polar surface area (TPSA) is 90.1 Å². The van der Waals surface area contributed by atoms with E-state index in [2.05, 4.69) is 31.2 Å². The Bertz CT molecular complexity index is 709. The lowest BCUT2D eigenvalue weighted by molar-refractivity contribution is -0.386. The number of hydrogen-bond donors (Lipinski definition) is 1. The number of carbonyl (C=O) groups excluding carboxylic acids is 1. The van der Waals surface area contributed by atoms with Crippen molar-refractivity contribution in [3.05, 3.63) is 21.5 Å². The van der Waals surface area contributed by atoms with Crippen LogP contribution in [-0.2, 0) is 11.3 Å². The molecule has 1 aromatic heterocycles. The lowest BCUT2D eigenvalue weighted by atomic mass is 9.69. The molecule has 7 heteroatoms. The van der Waals surface area contributed by atoms with Gasteiger partial charge < -0.3 is 5.32 Å². The van der Waals surface area contributed by atoms with Crippen LogP contribution in [-0.4, -0.2) is 26.7 Å². The van der Waals surface area contributed by atoms with Gasteiger partial charge in [0.05, 0.1) is 4.92 Å². The molecule has 2 aliphatic carbocycles. The summed E-state index contributed by atoms with van der Waals surface area (Å²) in [6.07, 6.45) is 3.40. The van der Waals surface area contributed by atoms with E-state index in [-0.39, 0.29) is 35.0 Å². The molecule has 0 aliphatic heterocycles. The van der Waals surface area contributed by atoms with Crippen molar-refractivity contribution < 1.29 is 9.72 Å². The Balaban J connectivity index is 1.72. The molecule has 2 fully saturated rings. The van der Waals surface area contributed by atoms with Gasteiger partial charge in [0.15, 0.2) is 0 Å². The minimum atomic E-state index is -0.439. The largest absolute Gasteiger partial charge is 0.351 e. The molecule has 7 nitrogen and oxygen atoms in total. The van der Waals surface area contributed by atoms with Crippen molar-refractivity contribution in [1.82, 2.24) is 15.1 Å². The highest BCUT2D eigenvalue weighted by atomic mass is 16.6. The van der Waals surface area contributed by atoms with Gasteiger partial charge in [-0.1, -0.05) is 20.8 Å². The highest BCUT2D eigenvalue weighted by Gasteiger charge is 2.61. The fourth-order valence-corrected chi connectivity index (χ4v) is 4.90. The molecule has 1 N–H and O–H groups in total. The van der Waals surface area contributed by atoms with Crippen LogP contribution < -0.4 is 5.32 Å². The normalized spacial score (nSPS) is 30.5. The number of aromatic nitrogens is 2. The summed E-state index contributed by atoms with van der Waals surface area (Å²) in [6.45, 7) is 10.1. The van der Waals surface area contributed by atoms with Crippen LogP contribution >= 0.6 is 0 Å². The molecule has 3 rings (SSSR count). The van der Waals surface area contributed by atoms with Gasteiger partial charge in [-0.15, -0.1) is 0 Å². The van der Waals surface area contributed by atoms with Crippen molar-refractivity contribution >= 4 is 11.6 Å². The lowest BCUT2D eigenvalue weighted by Crippen LogP contribution is -2.47. The van der Waals surface area contributed by atoms with E-state index in [0.29, 0.717) is 17.3 Å². The lowest BCUT2D eigenvalue weighted by Gasteiger charge is -2.39. The predicted octanol–water partition coefficient (Wildman–Crippen LogP) is 2.74. The molecule has 132 valence electrons. The zero-order valence-electron chi connectivity index (χ0n) is 15.0. The maximum Gasteiger partial charge on any atom is 0.312 e. The second kappa shape index (κ2) is 5.29. The molecule has 0 aromatic carbocycles. The molecule has 24 heavy (non-hydrogen) atoms. The van der Waals surface area contributed by atoms with Crippen LogP contribution in [0.4, 0.5) is 5.69 Å². The Morgan fingerprint density at radius 1 is 1.42 bits per heavy atom. The standard InChI is InChI=1S/C17H26N4O3/c1-10-15(21(23)24)11(2)20(19-10)9-14(22)18-13-8-12-6-7-17(13,5)16(12,3)4/h12-13H,6-9H2,1-5H3,(H,18,22)/t12-,13-,17+/m0/s1. The summed E-state index contributed by atoms with van der Waals surface area (Å²) in [6, 6.07) is 0.172. The molecule has 2 saturated carbocycles. The van der Waals surface area contributed by atoms with E-state index in [9.17, 15) is 14.9 Å². The van der Waals surface area contributed by atoms with Crippen LogP contribution in [0.15, 0.2) is 0 Å². The van der Waals surface area contributed by atoms with E-state index in [1.807, 2.05) is 0 Å². The number of rotatable bonds is 4. The molecule has 0 unspecified atom stereocenters. The summed E-state index contributed by atoms with van der Waals surface area (Å²) in [5.41, 5.74) is 1.12. The number of amides is 1. The van der Waals surface area contributed by atoms with E-state index >= 15 is 0 Å². The van der Waals surface area contributed by atoms with Gasteiger partial charge in [0.1, 0.15) is 17.9 Å². The van der Waals surface area contributed by atoms with Crippen LogP contribution in [0.25, 0.3) is 0 Å². The molecule has 0 saturated heterocycles. The van der Waals surface area contributed by atoms with Crippen molar-refractivity contribution in [2.45, 2.75) is 66.5 Å². The summed E-state index contributed by atoms with van der Waals surface area (Å²) in [7, 11) is 0. The van der Waals surface area contributed by atoms with Crippen LogP contribution in [0.2, 0.25) is 0 Å². The van der Waals surface area contributed by atoms with Gasteiger partial charge in [0.2, 0.25) is 5.91 Å². The van der Waals surface area contributed by atoms with Gasteiger partial charge in [-0.05, 0) is 49.9 Å². The van der Waals surface area contributed by atoms with Gasteiger partial charge in [-0.2, -0.15) is 5.10 Å². The van der Waals surface area contributed by atoms with E-state index < -0.39 is 4.92 Å². The summed E-state index contributed by atoms with van der Waals surface area (Å²) in [5.74, 6) is 0.535. The van der Waals surface area contributed by atoms with E-state index in [1.165, 1.54) is 11.1 Å². The van der Waals surface area contributed by atoms with Gasteiger partial charge in [-0.3, -0.25) is 19.6 Å². The molecule has 1 heterocycles. The number of fused-ring (bicyclic) bond motifs is 2. The minimum Gasteiger partial charge on any atom is -0.351 e. The van der Waals surface area contributed by atoms with E-state index in [0.717, 1.165) is 12.8 Å². The van der Waals surface area contributed by atoms with Gasteiger partial charge >= 0.3 is 5.69 Å². The molecule has 0 radical (unpaired) electrons. The monoisotopic (exact) mass is 334 g/mol. The van der Waals surface area contributed by atoms with Gasteiger partial charge in [0.25, 0.3) is 0 Å². The first-order chi connectivity index (χ1) is 11.1. The molecular weight excluding hydrogens is 308 g/mol. The summed E-state index contributed by atoms with van der Waals surface area (Å²) in [4.78, 5) is 23.1. The Morgan fingerprint density at radius 3 is 2.54 bits per heavy atom. The summed E-state index contributed by atoms with van der Waals surface area (Å²) < 4.78 is 1.43. The predicted molar refractivity (Wildman–Crippen MR) is 89.5 cm³/mol. The number of nitrogens with zero attached hydrogens (tertiary/aromatic N) is 3. The van der Waals surface area contributed by atoms with Crippen molar-refractivity contribution in [1.29, 1.82) is 0 Å². The van der Waals surface area contributed by atoms with Crippen LogP contribution in [0.1, 0.15) is 51.4 Å². The average molecular weight is 334 g/mol. The highest BCUT2D eigenvalue weighted by molar-refractivity contribution is 5.76. The molecule has 3 atom stereocenters. The number of nitrogens with one attached hydrogen (secondary N) is 1. The Morgan fingerprint density at radius 2 is 2.08 bits per heavy atom. The molecule has 2 aliphatic rings. The van der Waals surface area contributed by atoms with Gasteiger partial charge in [-0.25, -0.2) is 0 Å².